The number of fused-ring (bicyclic) bond motifs is 1. The molecule has 15 heavy (non-hydrogen) atoms. The van der Waals surface area contributed by atoms with Crippen LogP contribution in [0.2, 0.25) is 0 Å². The Bertz CT molecular complexity index is 561. The molecule has 0 aliphatic carbocycles. The molecule has 7 heteroatoms. The first-order valence-electron chi connectivity index (χ1n) is 3.90. The summed E-state index contributed by atoms with van der Waals surface area (Å²) in [6.07, 6.45) is -3.35. The molecule has 1 N–H and O–H groups in total. The zero-order chi connectivity index (χ0) is 11.1. The summed E-state index contributed by atoms with van der Waals surface area (Å²) in [4.78, 5) is 19.5. The summed E-state index contributed by atoms with van der Waals surface area (Å²) in [6.45, 7) is 0. The van der Waals surface area contributed by atoms with Crippen LogP contribution in [-0.4, -0.2) is 15.0 Å². The van der Waals surface area contributed by atoms with Crippen molar-refractivity contribution >= 4 is 11.0 Å². The highest BCUT2D eigenvalue weighted by molar-refractivity contribution is 5.73. The lowest BCUT2D eigenvalue weighted by atomic mass is 10.3. The summed E-state index contributed by atoms with van der Waals surface area (Å²) < 4.78 is 36.7. The number of aromatic nitrogens is 3. The van der Waals surface area contributed by atoms with E-state index in [9.17, 15) is 18.0 Å². The van der Waals surface area contributed by atoms with Gasteiger partial charge in [0.05, 0.1) is 0 Å². The van der Waals surface area contributed by atoms with E-state index in [2.05, 4.69) is 15.0 Å². The minimum Gasteiger partial charge on any atom is -0.290 e. The van der Waals surface area contributed by atoms with Crippen molar-refractivity contribution in [2.75, 3.05) is 0 Å². The molecule has 0 fully saturated rings. The number of halogens is 3. The van der Waals surface area contributed by atoms with Gasteiger partial charge in [-0.2, -0.15) is 13.2 Å². The Labute approximate surface area is 80.8 Å². The van der Waals surface area contributed by atoms with E-state index in [0.29, 0.717) is 5.39 Å². The fourth-order valence-corrected chi connectivity index (χ4v) is 1.09. The van der Waals surface area contributed by atoms with Crippen LogP contribution in [0.4, 0.5) is 13.2 Å². The van der Waals surface area contributed by atoms with Crippen LogP contribution < -0.4 is 5.69 Å². The minimum absolute atomic E-state index is 0.121. The molecule has 2 heterocycles. The molecule has 0 amide bonds. The largest absolute Gasteiger partial charge is 0.433 e. The molecular weight excluding hydrogens is 211 g/mol. The predicted octanol–water partition coefficient (Wildman–Crippen LogP) is 1.34. The smallest absolute Gasteiger partial charge is 0.290 e. The average molecular weight is 215 g/mol. The predicted molar refractivity (Wildman–Crippen MR) is 45.2 cm³/mol. The van der Waals surface area contributed by atoms with Crippen molar-refractivity contribution in [1.29, 1.82) is 0 Å². The van der Waals surface area contributed by atoms with Crippen LogP contribution in [0, 0.1) is 0 Å². The second-order valence-electron chi connectivity index (χ2n) is 2.82. The molecule has 2 rings (SSSR count). The summed E-state index contributed by atoms with van der Waals surface area (Å²) >= 11 is 0. The monoisotopic (exact) mass is 215 g/mol. The van der Waals surface area contributed by atoms with Gasteiger partial charge in [-0.25, -0.2) is 14.8 Å². The first kappa shape index (κ1) is 9.63. The van der Waals surface area contributed by atoms with E-state index in [1.165, 1.54) is 12.3 Å². The van der Waals surface area contributed by atoms with Crippen LogP contribution in [0.3, 0.4) is 0 Å². The number of pyridine rings is 1. The molecule has 0 saturated heterocycles. The first-order chi connectivity index (χ1) is 6.97. The zero-order valence-corrected chi connectivity index (χ0v) is 7.17. The van der Waals surface area contributed by atoms with E-state index in [1.54, 1.807) is 0 Å². The van der Waals surface area contributed by atoms with Crippen molar-refractivity contribution in [1.82, 2.24) is 15.0 Å². The van der Waals surface area contributed by atoms with Crippen LogP contribution >= 0.6 is 0 Å². The lowest BCUT2D eigenvalue weighted by Gasteiger charge is -2.05. The Hall–Kier alpha value is -1.92. The van der Waals surface area contributed by atoms with Crippen LogP contribution in [0.15, 0.2) is 23.1 Å². The molecule has 2 aromatic heterocycles. The molecule has 0 unspecified atom stereocenters. The number of hydrogen-bond donors (Lipinski definition) is 1. The topological polar surface area (TPSA) is 58.6 Å². The molecule has 0 saturated carbocycles. The highest BCUT2D eigenvalue weighted by atomic mass is 19.4. The molecular formula is C8H4F3N3O. The lowest BCUT2D eigenvalue weighted by Crippen LogP contribution is -2.12. The van der Waals surface area contributed by atoms with Gasteiger partial charge in [0.15, 0.2) is 0 Å². The normalized spacial score (nSPS) is 11.9. The standard InChI is InChI=1S/C8H4F3N3O/c9-8(10,11)5-2-1-4-3-12-7(15)14-6(4)13-5/h1-3H,(H,12,13,14,15). The van der Waals surface area contributed by atoms with Gasteiger partial charge in [0.25, 0.3) is 0 Å². The van der Waals surface area contributed by atoms with Crippen molar-refractivity contribution in [3.8, 4) is 0 Å². The van der Waals surface area contributed by atoms with Gasteiger partial charge in [0.2, 0.25) is 0 Å². The number of nitrogens with zero attached hydrogens (tertiary/aromatic N) is 2. The maximum atomic E-state index is 12.2. The molecule has 0 spiro atoms. The van der Waals surface area contributed by atoms with Gasteiger partial charge in [0, 0.05) is 11.6 Å². The fraction of sp³-hybridized carbons (Fsp3) is 0.125. The van der Waals surface area contributed by atoms with Gasteiger partial charge >= 0.3 is 11.9 Å². The number of H-pyrrole nitrogens is 1. The second kappa shape index (κ2) is 3.04. The average Bonchev–Trinajstić information content (AvgIpc) is 2.15. The molecule has 0 bridgehead atoms. The van der Waals surface area contributed by atoms with E-state index < -0.39 is 17.6 Å². The third-order valence-electron chi connectivity index (χ3n) is 1.76. The minimum atomic E-state index is -4.52. The number of hydrogen-bond acceptors (Lipinski definition) is 3. The summed E-state index contributed by atoms with van der Waals surface area (Å²) in [5.41, 5.74) is -1.89. The maximum absolute atomic E-state index is 12.2. The maximum Gasteiger partial charge on any atom is 0.433 e. The Kier molecular flexibility index (Phi) is 1.95. The van der Waals surface area contributed by atoms with E-state index in [-0.39, 0.29) is 5.65 Å². The number of nitrogens with one attached hydrogen (secondary N) is 1. The summed E-state index contributed by atoms with van der Waals surface area (Å²) in [6, 6.07) is 2.04. The van der Waals surface area contributed by atoms with Crippen LogP contribution in [0.25, 0.3) is 11.0 Å². The fourth-order valence-electron chi connectivity index (χ4n) is 1.09. The molecule has 4 nitrogen and oxygen atoms in total. The Morgan fingerprint density at radius 1 is 1.27 bits per heavy atom. The van der Waals surface area contributed by atoms with Gasteiger partial charge in [-0.1, -0.05) is 0 Å². The molecule has 0 aromatic carbocycles. The highest BCUT2D eigenvalue weighted by Crippen LogP contribution is 2.28. The third-order valence-corrected chi connectivity index (χ3v) is 1.76. The Morgan fingerprint density at radius 3 is 2.67 bits per heavy atom. The molecule has 0 aliphatic heterocycles. The third kappa shape index (κ3) is 1.80. The van der Waals surface area contributed by atoms with Gasteiger partial charge in [0.1, 0.15) is 11.3 Å². The summed E-state index contributed by atoms with van der Waals surface area (Å²) in [5.74, 6) is 0. The molecule has 0 atom stereocenters. The Morgan fingerprint density at radius 2 is 2.00 bits per heavy atom. The molecule has 0 aliphatic rings. The van der Waals surface area contributed by atoms with E-state index >= 15 is 0 Å². The van der Waals surface area contributed by atoms with Crippen molar-refractivity contribution in [3.63, 3.8) is 0 Å². The van der Waals surface area contributed by atoms with Crippen LogP contribution in [0.1, 0.15) is 5.69 Å². The molecule has 0 radical (unpaired) electrons. The van der Waals surface area contributed by atoms with E-state index in [4.69, 9.17) is 0 Å². The van der Waals surface area contributed by atoms with Crippen LogP contribution in [-0.2, 0) is 6.18 Å². The second-order valence-corrected chi connectivity index (χ2v) is 2.82. The Balaban J connectivity index is 2.70. The van der Waals surface area contributed by atoms with Crippen LogP contribution in [0.5, 0.6) is 0 Å². The van der Waals surface area contributed by atoms with Gasteiger partial charge in [-0.3, -0.25) is 4.98 Å². The highest BCUT2D eigenvalue weighted by Gasteiger charge is 2.32. The van der Waals surface area contributed by atoms with Gasteiger partial charge < -0.3 is 0 Å². The SMILES string of the molecule is O=c1ncc2ccc(C(F)(F)F)nc2[nH]1. The number of rotatable bonds is 0. The molecule has 2 aromatic rings. The van der Waals surface area contributed by atoms with E-state index in [1.807, 2.05) is 0 Å². The summed E-state index contributed by atoms with van der Waals surface area (Å²) in [7, 11) is 0. The van der Waals surface area contributed by atoms with Crippen molar-refractivity contribution in [2.45, 2.75) is 6.18 Å². The van der Waals surface area contributed by atoms with Gasteiger partial charge in [-0.05, 0) is 12.1 Å². The number of aromatic amines is 1. The van der Waals surface area contributed by atoms with Gasteiger partial charge in [-0.15, -0.1) is 0 Å². The van der Waals surface area contributed by atoms with E-state index in [0.717, 1.165) is 6.07 Å². The first-order valence-corrected chi connectivity index (χ1v) is 3.90. The van der Waals surface area contributed by atoms with Crippen molar-refractivity contribution in [3.05, 3.63) is 34.5 Å². The van der Waals surface area contributed by atoms with Crippen molar-refractivity contribution < 1.29 is 13.2 Å². The summed E-state index contributed by atoms with van der Waals surface area (Å²) in [5, 5.41) is 0.350. The quantitative estimate of drug-likeness (QED) is 0.721. The number of alkyl halides is 3. The zero-order valence-electron chi connectivity index (χ0n) is 7.17. The lowest BCUT2D eigenvalue weighted by molar-refractivity contribution is -0.141. The molecule has 78 valence electrons. The van der Waals surface area contributed by atoms with Crippen molar-refractivity contribution in [2.24, 2.45) is 0 Å².